The van der Waals surface area contributed by atoms with Crippen LogP contribution in [0.25, 0.3) is 5.78 Å². The average Bonchev–Trinajstić information content (AvgIpc) is 3.22. The van der Waals surface area contributed by atoms with Crippen LogP contribution >= 0.6 is 0 Å². The van der Waals surface area contributed by atoms with Crippen molar-refractivity contribution in [3.05, 3.63) is 47.5 Å². The van der Waals surface area contributed by atoms with Crippen LogP contribution in [0.3, 0.4) is 0 Å². The normalized spacial score (nSPS) is 18.3. The molecular formula is C21H22N6O4. The Morgan fingerprint density at radius 1 is 1.00 bits per heavy atom. The van der Waals surface area contributed by atoms with Gasteiger partial charge >= 0.3 is 0 Å². The van der Waals surface area contributed by atoms with E-state index < -0.39 is 6.10 Å². The summed E-state index contributed by atoms with van der Waals surface area (Å²) in [5.74, 6) is 1.33. The van der Waals surface area contributed by atoms with Gasteiger partial charge < -0.3 is 19.3 Å². The van der Waals surface area contributed by atoms with Crippen LogP contribution in [0.4, 0.5) is 0 Å². The highest BCUT2D eigenvalue weighted by molar-refractivity contribution is 5.91. The molecule has 0 saturated carbocycles. The third kappa shape index (κ3) is 3.54. The molecule has 1 fully saturated rings. The molecule has 4 heterocycles. The van der Waals surface area contributed by atoms with Crippen LogP contribution in [0.2, 0.25) is 0 Å². The summed E-state index contributed by atoms with van der Waals surface area (Å²) in [5, 5.41) is 4.31. The molecule has 5 rings (SSSR count). The lowest BCUT2D eigenvalue weighted by Gasteiger charge is -2.36. The van der Waals surface area contributed by atoms with Crippen molar-refractivity contribution in [2.24, 2.45) is 0 Å². The highest BCUT2D eigenvalue weighted by atomic mass is 16.6. The summed E-state index contributed by atoms with van der Waals surface area (Å²) in [6.45, 7) is 5.56. The minimum Gasteiger partial charge on any atom is -0.485 e. The Hall–Kier alpha value is -3.69. The van der Waals surface area contributed by atoms with Gasteiger partial charge in [-0.05, 0) is 32.0 Å². The van der Waals surface area contributed by atoms with E-state index in [4.69, 9.17) is 9.47 Å². The number of fused-ring (bicyclic) bond motifs is 2. The first kappa shape index (κ1) is 19.3. The summed E-state index contributed by atoms with van der Waals surface area (Å²) in [6, 6.07) is 9.18. The lowest BCUT2D eigenvalue weighted by molar-refractivity contribution is -0.142. The maximum atomic E-state index is 12.9. The van der Waals surface area contributed by atoms with E-state index in [2.05, 4.69) is 15.1 Å². The van der Waals surface area contributed by atoms with E-state index in [-0.39, 0.29) is 24.2 Å². The third-order valence-corrected chi connectivity index (χ3v) is 5.47. The number of para-hydroxylation sites is 2. The molecule has 2 aromatic heterocycles. The summed E-state index contributed by atoms with van der Waals surface area (Å²) < 4.78 is 13.0. The number of hydrogen-bond acceptors (Lipinski definition) is 7. The van der Waals surface area contributed by atoms with Crippen LogP contribution in [-0.2, 0) is 4.79 Å². The highest BCUT2D eigenvalue weighted by Crippen LogP contribution is 2.31. The molecule has 0 radical (unpaired) electrons. The number of rotatable bonds is 2. The Morgan fingerprint density at radius 2 is 1.71 bits per heavy atom. The van der Waals surface area contributed by atoms with Crippen molar-refractivity contribution in [1.29, 1.82) is 0 Å². The number of amides is 2. The summed E-state index contributed by atoms with van der Waals surface area (Å²) in [5.41, 5.74) is 1.68. The molecule has 10 heteroatoms. The first-order chi connectivity index (χ1) is 15.0. The lowest BCUT2D eigenvalue weighted by atomic mass is 10.2. The number of carbonyl (C=O) groups excluding carboxylic acids is 2. The van der Waals surface area contributed by atoms with Gasteiger partial charge in [0, 0.05) is 37.6 Å². The van der Waals surface area contributed by atoms with Crippen molar-refractivity contribution >= 4 is 17.6 Å². The molecule has 2 aliphatic rings. The third-order valence-electron chi connectivity index (χ3n) is 5.47. The van der Waals surface area contributed by atoms with Gasteiger partial charge in [-0.1, -0.05) is 12.1 Å². The van der Waals surface area contributed by atoms with E-state index in [1.165, 1.54) is 0 Å². The molecule has 0 aliphatic carbocycles. The summed E-state index contributed by atoms with van der Waals surface area (Å²) >= 11 is 0. The fourth-order valence-corrected chi connectivity index (χ4v) is 3.87. The minimum atomic E-state index is -0.686. The second kappa shape index (κ2) is 7.53. The van der Waals surface area contributed by atoms with E-state index in [0.29, 0.717) is 43.5 Å². The van der Waals surface area contributed by atoms with Crippen LogP contribution in [0, 0.1) is 13.8 Å². The van der Waals surface area contributed by atoms with Gasteiger partial charge in [-0.25, -0.2) is 9.50 Å². The van der Waals surface area contributed by atoms with E-state index in [1.807, 2.05) is 38.1 Å². The van der Waals surface area contributed by atoms with Crippen molar-refractivity contribution in [2.45, 2.75) is 20.0 Å². The molecule has 2 amide bonds. The zero-order valence-electron chi connectivity index (χ0n) is 17.3. The van der Waals surface area contributed by atoms with Crippen molar-refractivity contribution in [3.8, 4) is 11.5 Å². The molecule has 1 saturated heterocycles. The molecule has 10 nitrogen and oxygen atoms in total. The topological polar surface area (TPSA) is 102 Å². The van der Waals surface area contributed by atoms with Gasteiger partial charge in [-0.3, -0.25) is 9.59 Å². The number of benzene rings is 1. The Bertz CT molecular complexity index is 1170. The van der Waals surface area contributed by atoms with Gasteiger partial charge in [0.2, 0.25) is 11.9 Å². The molecule has 160 valence electrons. The van der Waals surface area contributed by atoms with Crippen LogP contribution in [0.5, 0.6) is 11.5 Å². The van der Waals surface area contributed by atoms with Gasteiger partial charge in [-0.15, -0.1) is 5.10 Å². The van der Waals surface area contributed by atoms with E-state index >= 15 is 0 Å². The summed E-state index contributed by atoms with van der Waals surface area (Å²) in [4.78, 5) is 37.8. The van der Waals surface area contributed by atoms with E-state index in [1.54, 1.807) is 20.4 Å². The Balaban J connectivity index is 1.23. The first-order valence-corrected chi connectivity index (χ1v) is 10.2. The van der Waals surface area contributed by atoms with Crippen molar-refractivity contribution < 1.29 is 19.1 Å². The largest absolute Gasteiger partial charge is 0.485 e. The van der Waals surface area contributed by atoms with Gasteiger partial charge in [0.15, 0.2) is 11.5 Å². The Morgan fingerprint density at radius 3 is 2.48 bits per heavy atom. The molecule has 1 atom stereocenters. The highest BCUT2D eigenvalue weighted by Gasteiger charge is 2.34. The molecule has 3 aromatic rings. The van der Waals surface area contributed by atoms with Crippen LogP contribution < -0.4 is 9.47 Å². The van der Waals surface area contributed by atoms with Crippen molar-refractivity contribution in [2.75, 3.05) is 32.8 Å². The van der Waals surface area contributed by atoms with Gasteiger partial charge in [-0.2, -0.15) is 4.98 Å². The van der Waals surface area contributed by atoms with Gasteiger partial charge in [0.05, 0.1) is 0 Å². The number of ether oxygens (including phenoxy) is 2. The summed E-state index contributed by atoms with van der Waals surface area (Å²) in [6.07, 6.45) is -0.686. The van der Waals surface area contributed by atoms with Crippen LogP contribution in [0.15, 0.2) is 30.3 Å². The predicted octanol–water partition coefficient (Wildman–Crippen LogP) is 0.866. The van der Waals surface area contributed by atoms with Crippen LogP contribution in [-0.4, -0.2) is 80.1 Å². The fraction of sp³-hybridized carbons (Fsp3) is 0.381. The van der Waals surface area contributed by atoms with Gasteiger partial charge in [0.1, 0.15) is 6.61 Å². The maximum Gasteiger partial charge on any atom is 0.293 e. The number of aromatic nitrogens is 4. The molecule has 0 unspecified atom stereocenters. The number of aryl methyl sites for hydroxylation is 2. The number of piperazine rings is 1. The monoisotopic (exact) mass is 422 g/mol. The second-order valence-corrected chi connectivity index (χ2v) is 7.67. The van der Waals surface area contributed by atoms with Gasteiger partial charge in [0.25, 0.3) is 17.6 Å². The molecule has 1 aromatic carbocycles. The van der Waals surface area contributed by atoms with Crippen molar-refractivity contribution in [1.82, 2.24) is 29.4 Å². The Kier molecular flexibility index (Phi) is 4.68. The lowest BCUT2D eigenvalue weighted by Crippen LogP contribution is -2.55. The SMILES string of the molecule is Cc1cc(C)n2nc(C(=O)N3CCN(C(=O)[C@@H]4COc5ccccc5O4)CC3)nc2n1. The molecule has 0 spiro atoms. The smallest absolute Gasteiger partial charge is 0.293 e. The number of hydrogen-bond donors (Lipinski definition) is 0. The molecular weight excluding hydrogens is 400 g/mol. The summed E-state index contributed by atoms with van der Waals surface area (Å²) in [7, 11) is 0. The van der Waals surface area contributed by atoms with Crippen LogP contribution in [0.1, 0.15) is 22.0 Å². The number of nitrogens with zero attached hydrogens (tertiary/aromatic N) is 6. The van der Waals surface area contributed by atoms with Crippen molar-refractivity contribution in [3.63, 3.8) is 0 Å². The quantitative estimate of drug-likeness (QED) is 0.604. The predicted molar refractivity (Wildman–Crippen MR) is 109 cm³/mol. The van der Waals surface area contributed by atoms with E-state index in [0.717, 1.165) is 11.4 Å². The average molecular weight is 422 g/mol. The maximum absolute atomic E-state index is 12.9. The zero-order chi connectivity index (χ0) is 21.5. The molecule has 2 aliphatic heterocycles. The molecule has 0 bridgehead atoms. The number of carbonyl (C=O) groups is 2. The van der Waals surface area contributed by atoms with E-state index in [9.17, 15) is 9.59 Å². The first-order valence-electron chi connectivity index (χ1n) is 10.2. The molecule has 31 heavy (non-hydrogen) atoms. The minimum absolute atomic E-state index is 0.113. The second-order valence-electron chi connectivity index (χ2n) is 7.67. The Labute approximate surface area is 178 Å². The molecule has 0 N–H and O–H groups in total. The fourth-order valence-electron chi connectivity index (χ4n) is 3.87. The zero-order valence-corrected chi connectivity index (χ0v) is 17.3. The standard InChI is InChI=1S/C21H22N6O4/c1-13-11-14(2)27-21(22-13)23-18(24-27)20(29)26-9-7-25(8-10-26)19(28)17-12-30-15-5-3-4-6-16(15)31-17/h3-6,11,17H,7-10,12H2,1-2H3/t17-/m0/s1.